The Balaban J connectivity index is 1.67. The molecule has 3 heterocycles. The summed E-state index contributed by atoms with van der Waals surface area (Å²) in [4.78, 5) is 39.3. The predicted octanol–water partition coefficient (Wildman–Crippen LogP) is 1.89. The third-order valence-corrected chi connectivity index (χ3v) is 5.85. The van der Waals surface area contributed by atoms with Crippen LogP contribution in [0.3, 0.4) is 0 Å². The summed E-state index contributed by atoms with van der Waals surface area (Å²) in [5.41, 5.74) is 1.90. The van der Waals surface area contributed by atoms with Crippen LogP contribution in [0.4, 0.5) is 4.79 Å². The zero-order valence-electron chi connectivity index (χ0n) is 16.8. The van der Waals surface area contributed by atoms with Gasteiger partial charge in [-0.25, -0.2) is 9.78 Å². The summed E-state index contributed by atoms with van der Waals surface area (Å²) >= 11 is 0. The van der Waals surface area contributed by atoms with Crippen LogP contribution >= 0.6 is 0 Å². The topological polar surface area (TPSA) is 88.2 Å². The lowest BCUT2D eigenvalue weighted by atomic mass is 9.73. The second-order valence-electron chi connectivity index (χ2n) is 9.09. The Morgan fingerprint density at radius 2 is 2.04 bits per heavy atom. The van der Waals surface area contributed by atoms with E-state index in [-0.39, 0.29) is 28.4 Å². The highest BCUT2D eigenvalue weighted by atomic mass is 16.6. The third kappa shape index (κ3) is 3.08. The number of hydrogen-bond donors (Lipinski definition) is 1. The first-order valence-corrected chi connectivity index (χ1v) is 9.76. The first kappa shape index (κ1) is 19.0. The molecule has 2 aromatic rings. The Kier molecular flexibility index (Phi) is 4.28. The number of hydrogen-bond acceptors (Lipinski definition) is 5. The number of nitrogens with zero attached hydrogens (tertiary/aromatic N) is 3. The van der Waals surface area contributed by atoms with Crippen LogP contribution in [0.15, 0.2) is 11.0 Å². The molecule has 2 aliphatic rings. The minimum Gasteiger partial charge on any atom is -0.444 e. The number of fused-ring (bicyclic) bond motifs is 3. The van der Waals surface area contributed by atoms with Crippen molar-refractivity contribution in [3.05, 3.63) is 27.7 Å². The van der Waals surface area contributed by atoms with Crippen molar-refractivity contribution in [1.82, 2.24) is 19.9 Å². The lowest BCUT2D eigenvalue weighted by Gasteiger charge is -2.40. The lowest BCUT2D eigenvalue weighted by molar-refractivity contribution is 0.0162. The molecular formula is C20H25BN4O3. The number of aromatic nitrogens is 3. The number of pyridine rings is 1. The fraction of sp³-hybridized carbons (Fsp3) is 0.600. The molecule has 1 N–H and O–H groups in total. The Morgan fingerprint density at radius 1 is 1.36 bits per heavy atom. The van der Waals surface area contributed by atoms with Gasteiger partial charge in [0.1, 0.15) is 13.4 Å². The fourth-order valence-corrected chi connectivity index (χ4v) is 4.67. The summed E-state index contributed by atoms with van der Waals surface area (Å²) < 4.78 is 5.50. The summed E-state index contributed by atoms with van der Waals surface area (Å²) in [6.45, 7) is 8.86. The number of aromatic amines is 1. The van der Waals surface area contributed by atoms with Crippen molar-refractivity contribution in [2.45, 2.75) is 63.9 Å². The van der Waals surface area contributed by atoms with Gasteiger partial charge in [-0.15, -0.1) is 0 Å². The smallest absolute Gasteiger partial charge is 0.410 e. The van der Waals surface area contributed by atoms with Gasteiger partial charge in [0.25, 0.3) is 0 Å². The molecule has 146 valence electrons. The summed E-state index contributed by atoms with van der Waals surface area (Å²) in [5, 5.41) is 0. The third-order valence-electron chi connectivity index (χ3n) is 5.85. The average molecular weight is 380 g/mol. The van der Waals surface area contributed by atoms with E-state index < -0.39 is 5.60 Å². The number of ether oxygens (including phenoxy) is 1. The van der Waals surface area contributed by atoms with Crippen molar-refractivity contribution in [3.8, 4) is 0 Å². The van der Waals surface area contributed by atoms with E-state index in [0.717, 1.165) is 30.5 Å². The van der Waals surface area contributed by atoms with Crippen LogP contribution in [0.25, 0.3) is 11.2 Å². The molecule has 0 unspecified atom stereocenters. The van der Waals surface area contributed by atoms with Crippen LogP contribution in [-0.4, -0.2) is 52.5 Å². The van der Waals surface area contributed by atoms with Crippen LogP contribution in [0.2, 0.25) is 0 Å². The average Bonchev–Trinajstić information content (AvgIpc) is 2.86. The van der Waals surface area contributed by atoms with Gasteiger partial charge in [0, 0.05) is 41.6 Å². The Bertz CT molecular complexity index is 1000. The largest absolute Gasteiger partial charge is 0.444 e. The second-order valence-corrected chi connectivity index (χ2v) is 9.09. The van der Waals surface area contributed by atoms with Crippen molar-refractivity contribution < 1.29 is 9.53 Å². The van der Waals surface area contributed by atoms with E-state index in [0.29, 0.717) is 24.3 Å². The molecule has 2 aromatic heterocycles. The number of amides is 1. The van der Waals surface area contributed by atoms with Crippen LogP contribution in [0, 0.1) is 0 Å². The number of nitrogens with one attached hydrogen (secondary N) is 1. The summed E-state index contributed by atoms with van der Waals surface area (Å²) in [7, 11) is 5.75. The Hall–Kier alpha value is -2.38. The van der Waals surface area contributed by atoms with E-state index in [1.54, 1.807) is 4.90 Å². The minimum atomic E-state index is -0.518. The molecule has 1 aliphatic heterocycles. The van der Waals surface area contributed by atoms with Crippen molar-refractivity contribution in [1.29, 1.82) is 0 Å². The van der Waals surface area contributed by atoms with Crippen LogP contribution in [-0.2, 0) is 10.2 Å². The molecule has 28 heavy (non-hydrogen) atoms. The fourth-order valence-electron chi connectivity index (χ4n) is 4.67. The van der Waals surface area contributed by atoms with Crippen LogP contribution < -0.4 is 11.0 Å². The molecule has 7 nitrogen and oxygen atoms in total. The normalized spacial score (nSPS) is 21.1. The van der Waals surface area contributed by atoms with Crippen molar-refractivity contribution >= 4 is 30.7 Å². The van der Waals surface area contributed by atoms with Crippen molar-refractivity contribution in [2.75, 3.05) is 13.1 Å². The number of rotatable bonds is 0. The van der Waals surface area contributed by atoms with Gasteiger partial charge < -0.3 is 14.6 Å². The monoisotopic (exact) mass is 380 g/mol. The van der Waals surface area contributed by atoms with Gasteiger partial charge in [0.05, 0.1) is 0 Å². The molecule has 2 radical (unpaired) electrons. The van der Waals surface area contributed by atoms with Gasteiger partial charge >= 0.3 is 6.09 Å². The molecule has 0 saturated carbocycles. The van der Waals surface area contributed by atoms with Crippen molar-refractivity contribution in [3.63, 3.8) is 0 Å². The maximum atomic E-state index is 13.3. The number of likely N-dealkylation sites (tertiary alicyclic amines) is 1. The molecule has 8 heteroatoms. The van der Waals surface area contributed by atoms with Gasteiger partial charge in [0.15, 0.2) is 11.2 Å². The Labute approximate surface area is 165 Å². The zero-order valence-corrected chi connectivity index (χ0v) is 16.8. The highest BCUT2D eigenvalue weighted by Crippen LogP contribution is 2.49. The van der Waals surface area contributed by atoms with Gasteiger partial charge in [-0.05, 0) is 46.0 Å². The van der Waals surface area contributed by atoms with E-state index in [1.807, 2.05) is 20.8 Å². The SMILES string of the molecule is [B]c1cnc2[nH]c3c(c(=O)c2n1)C1(CCN(C(=O)OC(C)(C)C)CC1)C[C@@H]3C. The molecule has 4 rings (SSSR count). The predicted molar refractivity (Wildman–Crippen MR) is 107 cm³/mol. The number of piperidine rings is 1. The minimum absolute atomic E-state index is 0.0846. The molecule has 1 aliphatic carbocycles. The number of carbonyl (C=O) groups excluding carboxylic acids is 1. The van der Waals surface area contributed by atoms with Gasteiger partial charge in [-0.1, -0.05) is 6.92 Å². The summed E-state index contributed by atoms with van der Waals surface area (Å²) in [5.74, 6) is 0.222. The van der Waals surface area contributed by atoms with Gasteiger partial charge in [0.2, 0.25) is 5.43 Å². The van der Waals surface area contributed by atoms with E-state index >= 15 is 0 Å². The summed E-state index contributed by atoms with van der Waals surface area (Å²) in [6.07, 6.45) is 3.50. The molecule has 1 saturated heterocycles. The lowest BCUT2D eigenvalue weighted by Crippen LogP contribution is -2.47. The first-order chi connectivity index (χ1) is 13.1. The van der Waals surface area contributed by atoms with E-state index in [4.69, 9.17) is 12.6 Å². The van der Waals surface area contributed by atoms with E-state index in [1.165, 1.54) is 6.20 Å². The molecule has 1 spiro atoms. The molecular weight excluding hydrogens is 355 g/mol. The standard InChI is InChI=1S/C20H25BN4O3/c1-11-9-20(5-7-25(8-6-20)18(27)28-19(2,3)4)13-14(11)24-17-15(16(13)26)23-12(21)10-22-17/h10-11H,5-9H2,1-4H3,(H,22,24,26)/t11-/m0/s1. The van der Waals surface area contributed by atoms with E-state index in [2.05, 4.69) is 21.9 Å². The molecule has 0 aromatic carbocycles. The molecule has 0 bridgehead atoms. The molecule has 1 atom stereocenters. The Morgan fingerprint density at radius 3 is 2.68 bits per heavy atom. The number of carbonyl (C=O) groups is 1. The van der Waals surface area contributed by atoms with Gasteiger partial charge in [-0.2, -0.15) is 0 Å². The van der Waals surface area contributed by atoms with Crippen LogP contribution in [0.5, 0.6) is 0 Å². The maximum Gasteiger partial charge on any atom is 0.410 e. The highest BCUT2D eigenvalue weighted by molar-refractivity contribution is 6.30. The number of H-pyrrole nitrogens is 1. The quantitative estimate of drug-likeness (QED) is 0.706. The van der Waals surface area contributed by atoms with Crippen molar-refractivity contribution in [2.24, 2.45) is 0 Å². The van der Waals surface area contributed by atoms with Crippen LogP contribution in [0.1, 0.15) is 64.1 Å². The second kappa shape index (κ2) is 6.32. The van der Waals surface area contributed by atoms with Gasteiger partial charge in [-0.3, -0.25) is 9.78 Å². The highest BCUT2D eigenvalue weighted by Gasteiger charge is 2.47. The molecule has 1 fully saturated rings. The summed E-state index contributed by atoms with van der Waals surface area (Å²) in [6, 6.07) is 0. The molecule has 1 amide bonds. The zero-order chi connectivity index (χ0) is 20.3. The van der Waals surface area contributed by atoms with E-state index in [9.17, 15) is 9.59 Å². The maximum absolute atomic E-state index is 13.3. The first-order valence-electron chi connectivity index (χ1n) is 9.76.